The van der Waals surface area contributed by atoms with Crippen LogP contribution in [0.5, 0.6) is 5.75 Å². The molecule has 7 heteroatoms. The van der Waals surface area contributed by atoms with Crippen LogP contribution in [0.25, 0.3) is 6.08 Å². The number of fused-ring (bicyclic) bond motifs is 1. The second-order valence-electron chi connectivity index (χ2n) is 9.45. The van der Waals surface area contributed by atoms with E-state index in [4.69, 9.17) is 9.47 Å². The topological polar surface area (TPSA) is 69.9 Å². The van der Waals surface area contributed by atoms with Crippen molar-refractivity contribution < 1.29 is 14.3 Å². The van der Waals surface area contributed by atoms with Crippen molar-refractivity contribution in [2.24, 2.45) is 4.99 Å². The van der Waals surface area contributed by atoms with Crippen molar-refractivity contribution in [2.75, 3.05) is 13.7 Å². The molecular formula is C28H30N2O4S. The monoisotopic (exact) mass is 490 g/mol. The third kappa shape index (κ3) is 4.86. The maximum atomic E-state index is 13.7. The zero-order chi connectivity index (χ0) is 25.3. The van der Waals surface area contributed by atoms with Gasteiger partial charge in [0.1, 0.15) is 5.75 Å². The van der Waals surface area contributed by atoms with Crippen LogP contribution in [0.3, 0.4) is 0 Å². The number of aromatic nitrogens is 1. The van der Waals surface area contributed by atoms with E-state index in [0.29, 0.717) is 26.4 Å². The fourth-order valence-corrected chi connectivity index (χ4v) is 5.17. The maximum absolute atomic E-state index is 13.7. The Balaban J connectivity index is 1.88. The first-order valence-corrected chi connectivity index (χ1v) is 12.4. The van der Waals surface area contributed by atoms with Crippen LogP contribution >= 0.6 is 11.3 Å². The number of rotatable bonds is 5. The van der Waals surface area contributed by atoms with Crippen molar-refractivity contribution >= 4 is 23.4 Å². The molecule has 2 heterocycles. The molecule has 182 valence electrons. The van der Waals surface area contributed by atoms with Crippen molar-refractivity contribution in [1.29, 1.82) is 0 Å². The van der Waals surface area contributed by atoms with Crippen molar-refractivity contribution in [3.05, 3.63) is 96.2 Å². The van der Waals surface area contributed by atoms with Crippen LogP contribution in [0.1, 0.15) is 57.4 Å². The summed E-state index contributed by atoms with van der Waals surface area (Å²) in [4.78, 5) is 31.8. The lowest BCUT2D eigenvalue weighted by Gasteiger charge is -2.24. The lowest BCUT2D eigenvalue weighted by Crippen LogP contribution is -2.39. The quantitative estimate of drug-likeness (QED) is 0.505. The Bertz CT molecular complexity index is 1450. The maximum Gasteiger partial charge on any atom is 0.338 e. The van der Waals surface area contributed by atoms with Gasteiger partial charge in [0.25, 0.3) is 5.56 Å². The van der Waals surface area contributed by atoms with E-state index in [1.54, 1.807) is 25.5 Å². The standard InChI is InChI=1S/C28H30N2O4S/c1-7-34-26(32)23-17(2)29-27-30(24(23)19-10-14-21(33-6)15-11-19)25(31)22(35-27)16-18-8-12-20(13-9-18)28(3,4)5/h8-16,24H,7H2,1-6H3. The molecule has 0 saturated carbocycles. The van der Waals surface area contributed by atoms with Crippen molar-refractivity contribution in [1.82, 2.24) is 4.57 Å². The Morgan fingerprint density at radius 3 is 2.34 bits per heavy atom. The van der Waals surface area contributed by atoms with Gasteiger partial charge in [-0.3, -0.25) is 9.36 Å². The second kappa shape index (κ2) is 9.66. The summed E-state index contributed by atoms with van der Waals surface area (Å²) < 4.78 is 12.8. The number of methoxy groups -OCH3 is 1. The van der Waals surface area contributed by atoms with Gasteiger partial charge < -0.3 is 9.47 Å². The van der Waals surface area contributed by atoms with E-state index in [9.17, 15) is 9.59 Å². The van der Waals surface area contributed by atoms with E-state index >= 15 is 0 Å². The zero-order valence-corrected chi connectivity index (χ0v) is 21.7. The summed E-state index contributed by atoms with van der Waals surface area (Å²) in [6.07, 6.45) is 1.88. The predicted molar refractivity (Wildman–Crippen MR) is 139 cm³/mol. The molecule has 0 radical (unpaired) electrons. The molecule has 0 amide bonds. The fourth-order valence-electron chi connectivity index (χ4n) is 4.12. The van der Waals surface area contributed by atoms with Gasteiger partial charge in [0.05, 0.1) is 35.6 Å². The third-order valence-corrected chi connectivity index (χ3v) is 7.01. The summed E-state index contributed by atoms with van der Waals surface area (Å²) in [6, 6.07) is 15.0. The van der Waals surface area contributed by atoms with E-state index in [-0.39, 0.29) is 17.6 Å². The van der Waals surface area contributed by atoms with E-state index in [0.717, 1.165) is 11.1 Å². The number of hydrogen-bond donors (Lipinski definition) is 0. The summed E-state index contributed by atoms with van der Waals surface area (Å²) in [6.45, 7) is 10.3. The number of nitrogens with zero attached hydrogens (tertiary/aromatic N) is 2. The van der Waals surface area contributed by atoms with Gasteiger partial charge in [-0.05, 0) is 54.2 Å². The van der Waals surface area contributed by atoms with E-state index < -0.39 is 12.0 Å². The molecule has 0 fully saturated rings. The molecule has 1 atom stereocenters. The Morgan fingerprint density at radius 2 is 1.77 bits per heavy atom. The molecule has 35 heavy (non-hydrogen) atoms. The first-order valence-electron chi connectivity index (χ1n) is 11.6. The average Bonchev–Trinajstić information content (AvgIpc) is 3.12. The highest BCUT2D eigenvalue weighted by Gasteiger charge is 2.33. The van der Waals surface area contributed by atoms with Crippen LogP contribution < -0.4 is 19.6 Å². The Hall–Kier alpha value is -3.45. The van der Waals surface area contributed by atoms with Crippen LogP contribution in [0.4, 0.5) is 0 Å². The van der Waals surface area contributed by atoms with Crippen LogP contribution in [0.2, 0.25) is 0 Å². The summed E-state index contributed by atoms with van der Waals surface area (Å²) in [5, 5.41) is 0. The van der Waals surface area contributed by atoms with Gasteiger partial charge in [-0.25, -0.2) is 9.79 Å². The van der Waals surface area contributed by atoms with Crippen LogP contribution in [0, 0.1) is 0 Å². The van der Waals surface area contributed by atoms with Crippen LogP contribution in [-0.4, -0.2) is 24.3 Å². The van der Waals surface area contributed by atoms with Crippen molar-refractivity contribution in [3.8, 4) is 5.75 Å². The fraction of sp³-hybridized carbons (Fsp3) is 0.321. The minimum absolute atomic E-state index is 0.0528. The molecule has 4 rings (SSSR count). The van der Waals surface area contributed by atoms with Gasteiger partial charge in [-0.2, -0.15) is 0 Å². The number of esters is 1. The van der Waals surface area contributed by atoms with E-state index in [2.05, 4.69) is 37.9 Å². The molecule has 1 aromatic heterocycles. The largest absolute Gasteiger partial charge is 0.497 e. The predicted octanol–water partition coefficient (Wildman–Crippen LogP) is 4.10. The molecule has 3 aromatic rings. The number of allylic oxidation sites excluding steroid dienone is 1. The van der Waals surface area contributed by atoms with Crippen LogP contribution in [-0.2, 0) is 14.9 Å². The Morgan fingerprint density at radius 1 is 1.11 bits per heavy atom. The number of thiazole rings is 1. The molecule has 6 nitrogen and oxygen atoms in total. The lowest BCUT2D eigenvalue weighted by atomic mass is 9.87. The second-order valence-corrected chi connectivity index (χ2v) is 10.5. The molecule has 0 N–H and O–H groups in total. The summed E-state index contributed by atoms with van der Waals surface area (Å²) in [5.74, 6) is 0.222. The molecule has 0 saturated heterocycles. The van der Waals surface area contributed by atoms with Gasteiger partial charge in [0.15, 0.2) is 4.80 Å². The molecule has 1 unspecified atom stereocenters. The molecule has 1 aliphatic heterocycles. The molecule has 0 aliphatic carbocycles. The SMILES string of the molecule is CCOC(=O)C1=C(C)N=c2sc(=Cc3ccc(C(C)(C)C)cc3)c(=O)n2C1c1ccc(OC)cc1. The highest BCUT2D eigenvalue weighted by Crippen LogP contribution is 2.31. The number of ether oxygens (including phenoxy) is 2. The zero-order valence-electron chi connectivity index (χ0n) is 20.9. The van der Waals surface area contributed by atoms with Gasteiger partial charge in [0, 0.05) is 0 Å². The first-order chi connectivity index (χ1) is 16.6. The molecular weight excluding hydrogens is 460 g/mol. The number of hydrogen-bond acceptors (Lipinski definition) is 6. The normalized spacial score (nSPS) is 16.1. The molecule has 0 spiro atoms. The minimum atomic E-state index is -0.637. The summed E-state index contributed by atoms with van der Waals surface area (Å²) >= 11 is 1.32. The van der Waals surface area contributed by atoms with Crippen molar-refractivity contribution in [3.63, 3.8) is 0 Å². The van der Waals surface area contributed by atoms with Crippen LogP contribution in [0.15, 0.2) is 69.6 Å². The highest BCUT2D eigenvalue weighted by atomic mass is 32.1. The lowest BCUT2D eigenvalue weighted by molar-refractivity contribution is -0.139. The Labute approximate surface area is 208 Å². The Kier molecular flexibility index (Phi) is 6.81. The number of carbonyl (C=O) groups is 1. The minimum Gasteiger partial charge on any atom is -0.497 e. The van der Waals surface area contributed by atoms with Gasteiger partial charge in [-0.1, -0.05) is 68.5 Å². The molecule has 2 aromatic carbocycles. The van der Waals surface area contributed by atoms with Gasteiger partial charge in [0.2, 0.25) is 0 Å². The number of carbonyl (C=O) groups excluding carboxylic acids is 1. The summed E-state index contributed by atoms with van der Waals surface area (Å²) in [5.41, 5.74) is 3.72. The van der Waals surface area contributed by atoms with E-state index in [1.165, 1.54) is 16.9 Å². The third-order valence-electron chi connectivity index (χ3n) is 6.02. The smallest absolute Gasteiger partial charge is 0.338 e. The summed E-state index contributed by atoms with van der Waals surface area (Å²) in [7, 11) is 1.60. The molecule has 1 aliphatic rings. The van der Waals surface area contributed by atoms with Crippen molar-refractivity contribution in [2.45, 2.75) is 46.1 Å². The van der Waals surface area contributed by atoms with E-state index in [1.807, 2.05) is 42.5 Å². The van der Waals surface area contributed by atoms with Gasteiger partial charge in [-0.15, -0.1) is 0 Å². The van der Waals surface area contributed by atoms with Gasteiger partial charge >= 0.3 is 5.97 Å². The molecule has 0 bridgehead atoms. The first kappa shape index (κ1) is 24.7. The average molecular weight is 491 g/mol. The highest BCUT2D eigenvalue weighted by molar-refractivity contribution is 7.07. The number of benzene rings is 2.